The molecule has 1 N–H and O–H groups in total. The molecule has 0 fully saturated rings. The lowest BCUT2D eigenvalue weighted by Gasteiger charge is -2.19. The van der Waals surface area contributed by atoms with Gasteiger partial charge in [0, 0.05) is 60.0 Å². The summed E-state index contributed by atoms with van der Waals surface area (Å²) in [5.74, 6) is -0.502. The maximum absolute atomic E-state index is 15.2. The maximum Gasteiger partial charge on any atom is 0.253 e. The van der Waals surface area contributed by atoms with Crippen molar-refractivity contribution in [3.8, 4) is 22.4 Å². The predicted octanol–water partition coefficient (Wildman–Crippen LogP) is 4.61. The number of halogens is 1. The molecular formula is C27H25FN6O. The number of H-pyrrole nitrogens is 1. The highest BCUT2D eigenvalue weighted by molar-refractivity contribution is 6.13. The molecule has 5 rings (SSSR count). The summed E-state index contributed by atoms with van der Waals surface area (Å²) in [6.45, 7) is 1.40. The van der Waals surface area contributed by atoms with E-state index in [1.807, 2.05) is 37.2 Å². The molecule has 0 bridgehead atoms. The van der Waals surface area contributed by atoms with Gasteiger partial charge in [-0.05, 0) is 50.0 Å². The molecule has 4 aromatic heterocycles. The van der Waals surface area contributed by atoms with E-state index in [9.17, 15) is 4.79 Å². The molecule has 4 heterocycles. The first-order valence-corrected chi connectivity index (χ1v) is 11.3. The van der Waals surface area contributed by atoms with Crippen LogP contribution in [0.4, 0.5) is 4.39 Å². The maximum atomic E-state index is 15.2. The third-order valence-electron chi connectivity index (χ3n) is 6.07. The van der Waals surface area contributed by atoms with E-state index in [-0.39, 0.29) is 5.91 Å². The van der Waals surface area contributed by atoms with Crippen molar-refractivity contribution >= 4 is 27.8 Å². The van der Waals surface area contributed by atoms with Crippen molar-refractivity contribution in [1.82, 2.24) is 29.7 Å². The highest BCUT2D eigenvalue weighted by atomic mass is 19.1. The van der Waals surface area contributed by atoms with Gasteiger partial charge in [0.2, 0.25) is 0 Å². The van der Waals surface area contributed by atoms with E-state index in [0.717, 1.165) is 28.7 Å². The lowest BCUT2D eigenvalue weighted by Crippen LogP contribution is -2.33. The molecule has 0 atom stereocenters. The van der Waals surface area contributed by atoms with Crippen molar-refractivity contribution in [3.05, 3.63) is 78.6 Å². The van der Waals surface area contributed by atoms with Gasteiger partial charge in [-0.3, -0.25) is 14.8 Å². The van der Waals surface area contributed by atoms with Crippen LogP contribution in [-0.2, 0) is 0 Å². The Balaban J connectivity index is 1.57. The summed E-state index contributed by atoms with van der Waals surface area (Å²) in [7, 11) is 5.72. The van der Waals surface area contributed by atoms with Crippen LogP contribution >= 0.6 is 0 Å². The average molecular weight is 469 g/mol. The summed E-state index contributed by atoms with van der Waals surface area (Å²) in [4.78, 5) is 32.7. The molecule has 0 spiro atoms. The zero-order valence-corrected chi connectivity index (χ0v) is 19.8. The number of aromatic amines is 1. The van der Waals surface area contributed by atoms with Gasteiger partial charge >= 0.3 is 0 Å². The van der Waals surface area contributed by atoms with E-state index < -0.39 is 5.82 Å². The summed E-state index contributed by atoms with van der Waals surface area (Å²) in [6.07, 6.45) is 6.40. The first-order valence-electron chi connectivity index (χ1n) is 11.3. The number of nitrogens with zero attached hydrogens (tertiary/aromatic N) is 5. The zero-order chi connectivity index (χ0) is 24.5. The number of carbonyl (C=O) groups is 1. The molecule has 1 aromatic carbocycles. The van der Waals surface area contributed by atoms with E-state index >= 15 is 4.39 Å². The normalized spacial score (nSPS) is 11.5. The molecular weight excluding hydrogens is 443 g/mol. The summed E-state index contributed by atoms with van der Waals surface area (Å²) in [5.41, 5.74) is 4.61. The molecule has 176 valence electrons. The molecule has 1 amide bonds. The number of nitrogens with one attached hydrogen (secondary N) is 1. The molecule has 0 aliphatic heterocycles. The fourth-order valence-electron chi connectivity index (χ4n) is 4.14. The molecule has 0 saturated heterocycles. The second kappa shape index (κ2) is 9.23. The molecule has 0 aliphatic carbocycles. The van der Waals surface area contributed by atoms with Crippen molar-refractivity contribution < 1.29 is 9.18 Å². The standard InChI is InChI=1S/C27H25FN6O/c1-33(2)11-12-34(3)27(35)18-8-6-17(7-9-18)24-21(28)15-31-26-25(24)20-13-22(30-16-23(20)32-26)19-5-4-10-29-14-19/h4-10,13-16H,11-12H2,1-3H3,(H,31,32). The number of aromatic nitrogens is 4. The molecule has 0 radical (unpaired) electrons. The largest absolute Gasteiger partial charge is 0.340 e. The topological polar surface area (TPSA) is 78.0 Å². The summed E-state index contributed by atoms with van der Waals surface area (Å²) < 4.78 is 15.2. The van der Waals surface area contributed by atoms with Crippen molar-refractivity contribution in [2.75, 3.05) is 34.2 Å². The Morgan fingerprint density at radius 2 is 1.77 bits per heavy atom. The molecule has 0 unspecified atom stereocenters. The number of hydrogen-bond acceptors (Lipinski definition) is 5. The molecule has 5 aromatic rings. The third kappa shape index (κ3) is 4.36. The summed E-state index contributed by atoms with van der Waals surface area (Å²) >= 11 is 0. The van der Waals surface area contributed by atoms with E-state index in [1.165, 1.54) is 6.20 Å². The zero-order valence-electron chi connectivity index (χ0n) is 19.8. The number of hydrogen-bond donors (Lipinski definition) is 1. The van der Waals surface area contributed by atoms with Crippen molar-refractivity contribution in [1.29, 1.82) is 0 Å². The van der Waals surface area contributed by atoms with E-state index in [0.29, 0.717) is 34.3 Å². The predicted molar refractivity (Wildman–Crippen MR) is 136 cm³/mol. The SMILES string of the molecule is CN(C)CCN(C)C(=O)c1ccc(-c2c(F)cnc3[nH]c4cnc(-c5cccnc5)cc4c23)cc1. The van der Waals surface area contributed by atoms with Gasteiger partial charge in [-0.15, -0.1) is 0 Å². The summed E-state index contributed by atoms with van der Waals surface area (Å²) in [5, 5.41) is 1.49. The Labute approximate surface area is 202 Å². The molecule has 0 saturated carbocycles. The number of likely N-dealkylation sites (N-methyl/N-ethyl adjacent to an activating group) is 2. The Bertz CT molecular complexity index is 1510. The Morgan fingerprint density at radius 1 is 0.971 bits per heavy atom. The minimum Gasteiger partial charge on any atom is -0.340 e. The second-order valence-electron chi connectivity index (χ2n) is 8.79. The molecule has 35 heavy (non-hydrogen) atoms. The highest BCUT2D eigenvalue weighted by Crippen LogP contribution is 2.36. The quantitative estimate of drug-likeness (QED) is 0.394. The number of benzene rings is 1. The van der Waals surface area contributed by atoms with Crippen molar-refractivity contribution in [2.24, 2.45) is 0 Å². The van der Waals surface area contributed by atoms with Crippen LogP contribution in [-0.4, -0.2) is 69.9 Å². The van der Waals surface area contributed by atoms with Gasteiger partial charge < -0.3 is 14.8 Å². The monoisotopic (exact) mass is 468 g/mol. The molecule has 0 aliphatic rings. The number of rotatable bonds is 6. The molecule has 7 nitrogen and oxygen atoms in total. The molecule has 8 heteroatoms. The first-order chi connectivity index (χ1) is 16.9. The lowest BCUT2D eigenvalue weighted by atomic mass is 9.99. The number of amides is 1. The fourth-order valence-corrected chi connectivity index (χ4v) is 4.14. The van der Waals surface area contributed by atoms with Gasteiger partial charge in [0.05, 0.1) is 23.6 Å². The van der Waals surface area contributed by atoms with Crippen LogP contribution in [0, 0.1) is 5.82 Å². The fraction of sp³-hybridized carbons (Fsp3) is 0.185. The Kier molecular flexibility index (Phi) is 5.96. The van der Waals surface area contributed by atoms with Crippen LogP contribution in [0.15, 0.2) is 67.3 Å². The lowest BCUT2D eigenvalue weighted by molar-refractivity contribution is 0.0786. The summed E-state index contributed by atoms with van der Waals surface area (Å²) in [6, 6.07) is 12.8. The van der Waals surface area contributed by atoms with E-state index in [4.69, 9.17) is 0 Å². The van der Waals surface area contributed by atoms with Gasteiger partial charge in [0.15, 0.2) is 0 Å². The van der Waals surface area contributed by atoms with Crippen molar-refractivity contribution in [2.45, 2.75) is 0 Å². The third-order valence-corrected chi connectivity index (χ3v) is 6.07. The minimum absolute atomic E-state index is 0.0713. The Morgan fingerprint density at radius 3 is 2.49 bits per heavy atom. The van der Waals surface area contributed by atoms with E-state index in [2.05, 4.69) is 19.9 Å². The average Bonchev–Trinajstić information content (AvgIpc) is 3.25. The van der Waals surface area contributed by atoms with Gasteiger partial charge in [-0.25, -0.2) is 9.37 Å². The second-order valence-corrected chi connectivity index (χ2v) is 8.79. The van der Waals surface area contributed by atoms with Crippen molar-refractivity contribution in [3.63, 3.8) is 0 Å². The van der Waals surface area contributed by atoms with Gasteiger partial charge in [-0.1, -0.05) is 12.1 Å². The number of carbonyl (C=O) groups excluding carboxylic acids is 1. The van der Waals surface area contributed by atoms with Gasteiger partial charge in [0.25, 0.3) is 5.91 Å². The minimum atomic E-state index is -0.430. The van der Waals surface area contributed by atoms with Crippen LogP contribution in [0.5, 0.6) is 0 Å². The van der Waals surface area contributed by atoms with E-state index in [1.54, 1.807) is 54.8 Å². The Hall–Kier alpha value is -4.17. The van der Waals surface area contributed by atoms with Crippen LogP contribution < -0.4 is 0 Å². The van der Waals surface area contributed by atoms with Crippen LogP contribution in [0.2, 0.25) is 0 Å². The first kappa shape index (κ1) is 22.6. The van der Waals surface area contributed by atoms with Crippen LogP contribution in [0.1, 0.15) is 10.4 Å². The number of pyridine rings is 3. The van der Waals surface area contributed by atoms with Crippen LogP contribution in [0.3, 0.4) is 0 Å². The smallest absolute Gasteiger partial charge is 0.253 e. The highest BCUT2D eigenvalue weighted by Gasteiger charge is 2.18. The number of fused-ring (bicyclic) bond motifs is 3. The van der Waals surface area contributed by atoms with Gasteiger partial charge in [0.1, 0.15) is 11.5 Å². The van der Waals surface area contributed by atoms with Crippen LogP contribution in [0.25, 0.3) is 44.3 Å². The van der Waals surface area contributed by atoms with Gasteiger partial charge in [-0.2, -0.15) is 0 Å².